The van der Waals surface area contributed by atoms with Crippen molar-refractivity contribution in [2.75, 3.05) is 52.9 Å². The van der Waals surface area contributed by atoms with E-state index in [0.29, 0.717) is 6.04 Å². The summed E-state index contributed by atoms with van der Waals surface area (Å²) >= 11 is 0. The van der Waals surface area contributed by atoms with E-state index in [1.807, 2.05) is 12.1 Å². The average Bonchev–Trinajstić information content (AvgIpc) is 2.93. The summed E-state index contributed by atoms with van der Waals surface area (Å²) in [7, 11) is 2.12. The van der Waals surface area contributed by atoms with Crippen molar-refractivity contribution in [3.8, 4) is 0 Å². The smallest absolute Gasteiger partial charge is 0.123 e. The zero-order chi connectivity index (χ0) is 25.8. The Morgan fingerprint density at radius 1 is 0.825 bits per heavy atom. The highest BCUT2D eigenvalue weighted by Crippen LogP contribution is 2.38. The fraction of sp³-hybridized carbons (Fsp3) is 0.500. The topological polar surface area (TPSA) is 30.0 Å². The second kappa shape index (κ2) is 15.7. The van der Waals surface area contributed by atoms with E-state index in [0.717, 1.165) is 77.1 Å². The van der Waals surface area contributed by atoms with E-state index in [9.17, 15) is 9.50 Å². The Balaban J connectivity index is 0.00000187. The second-order valence-electron chi connectivity index (χ2n) is 11.2. The van der Waals surface area contributed by atoms with Crippen LogP contribution in [0.4, 0.5) is 4.39 Å². The van der Waals surface area contributed by atoms with E-state index < -0.39 is 5.60 Å². The lowest BCUT2D eigenvalue weighted by Gasteiger charge is -2.46. The van der Waals surface area contributed by atoms with Crippen LogP contribution in [0.15, 0.2) is 66.7 Å². The van der Waals surface area contributed by atoms with Gasteiger partial charge in [0.25, 0.3) is 0 Å². The van der Waals surface area contributed by atoms with Crippen molar-refractivity contribution in [2.45, 2.75) is 50.2 Å². The van der Waals surface area contributed by atoms with Crippen molar-refractivity contribution >= 4 is 48.0 Å². The Morgan fingerprint density at radius 3 is 2.10 bits per heavy atom. The minimum Gasteiger partial charge on any atom is -0.389 e. The molecule has 40 heavy (non-hydrogen) atoms. The van der Waals surface area contributed by atoms with Gasteiger partial charge in [-0.2, -0.15) is 0 Å². The van der Waals surface area contributed by atoms with Crippen LogP contribution in [0, 0.1) is 5.82 Å². The van der Waals surface area contributed by atoms with Gasteiger partial charge in [0.1, 0.15) is 5.82 Å². The SMILES string of the molecule is CCCC(c1cccc2ccccc12)N1CCN(CC(c2ccc(F)cc2)C2(O)CCN(C)CC2)CC1.Cl.Cl.Cl. The third-order valence-corrected chi connectivity index (χ3v) is 8.81. The molecule has 5 rings (SSSR count). The number of nitrogens with zero attached hydrogens (tertiary/aromatic N) is 3. The predicted molar refractivity (Wildman–Crippen MR) is 172 cm³/mol. The number of halogens is 4. The van der Waals surface area contributed by atoms with Crippen LogP contribution in [0.5, 0.6) is 0 Å². The quantitative estimate of drug-likeness (QED) is 0.298. The fourth-order valence-corrected chi connectivity index (χ4v) is 6.50. The van der Waals surface area contributed by atoms with Crippen molar-refractivity contribution in [3.05, 3.63) is 83.7 Å². The Labute approximate surface area is 258 Å². The maximum atomic E-state index is 13.7. The van der Waals surface area contributed by atoms with Crippen LogP contribution >= 0.6 is 37.2 Å². The molecule has 2 heterocycles. The van der Waals surface area contributed by atoms with Crippen molar-refractivity contribution in [3.63, 3.8) is 0 Å². The number of hydrogen-bond acceptors (Lipinski definition) is 4. The molecule has 0 bridgehead atoms. The molecule has 0 saturated carbocycles. The monoisotopic (exact) mass is 611 g/mol. The Kier molecular flexibility index (Phi) is 13.6. The van der Waals surface area contributed by atoms with Crippen molar-refractivity contribution in [1.29, 1.82) is 0 Å². The van der Waals surface area contributed by atoms with E-state index in [1.165, 1.54) is 28.5 Å². The van der Waals surface area contributed by atoms with E-state index >= 15 is 0 Å². The predicted octanol–water partition coefficient (Wildman–Crippen LogP) is 6.94. The van der Waals surface area contributed by atoms with Crippen molar-refractivity contribution in [2.24, 2.45) is 0 Å². The van der Waals surface area contributed by atoms with Gasteiger partial charge in [0.15, 0.2) is 0 Å². The molecule has 4 nitrogen and oxygen atoms in total. The third-order valence-electron chi connectivity index (χ3n) is 8.81. The lowest BCUT2D eigenvalue weighted by molar-refractivity contribution is -0.0495. The summed E-state index contributed by atoms with van der Waals surface area (Å²) in [4.78, 5) is 7.47. The van der Waals surface area contributed by atoms with Crippen molar-refractivity contribution in [1.82, 2.24) is 14.7 Å². The first-order valence-electron chi connectivity index (χ1n) is 14.1. The maximum absolute atomic E-state index is 13.7. The molecule has 1 N–H and O–H groups in total. The van der Waals surface area contributed by atoms with Gasteiger partial charge < -0.3 is 14.9 Å². The van der Waals surface area contributed by atoms with Gasteiger partial charge in [-0.25, -0.2) is 4.39 Å². The molecule has 2 unspecified atom stereocenters. The highest BCUT2D eigenvalue weighted by Gasteiger charge is 2.41. The molecule has 0 aliphatic carbocycles. The molecule has 222 valence electrons. The van der Waals surface area contributed by atoms with Crippen LogP contribution in [0.3, 0.4) is 0 Å². The summed E-state index contributed by atoms with van der Waals surface area (Å²) in [5.74, 6) is -0.236. The largest absolute Gasteiger partial charge is 0.389 e. The first-order valence-corrected chi connectivity index (χ1v) is 14.1. The van der Waals surface area contributed by atoms with Crippen molar-refractivity contribution < 1.29 is 9.50 Å². The van der Waals surface area contributed by atoms with Gasteiger partial charge in [-0.3, -0.25) is 4.90 Å². The summed E-state index contributed by atoms with van der Waals surface area (Å²) in [6, 6.07) is 22.7. The van der Waals surface area contributed by atoms with Crippen LogP contribution in [0.2, 0.25) is 0 Å². The lowest BCUT2D eigenvalue weighted by Crippen LogP contribution is -2.53. The number of piperazine rings is 1. The molecule has 0 amide bonds. The molecule has 2 saturated heterocycles. The molecule has 2 aliphatic heterocycles. The maximum Gasteiger partial charge on any atom is 0.123 e. The Bertz CT molecular complexity index is 1160. The van der Waals surface area contributed by atoms with Gasteiger partial charge >= 0.3 is 0 Å². The summed E-state index contributed by atoms with van der Waals surface area (Å²) in [6.07, 6.45) is 3.82. The van der Waals surface area contributed by atoms with Crippen LogP contribution in [0.1, 0.15) is 55.7 Å². The Morgan fingerprint density at radius 2 is 1.45 bits per heavy atom. The van der Waals surface area contributed by atoms with Crippen LogP contribution < -0.4 is 0 Å². The van der Waals surface area contributed by atoms with E-state index in [2.05, 4.69) is 71.1 Å². The highest BCUT2D eigenvalue weighted by atomic mass is 35.5. The van der Waals surface area contributed by atoms with Gasteiger partial charge in [-0.05, 0) is 60.3 Å². The first kappa shape index (κ1) is 34.8. The number of fused-ring (bicyclic) bond motifs is 1. The van der Waals surface area contributed by atoms with Crippen LogP contribution in [-0.4, -0.2) is 78.3 Å². The van der Waals surface area contributed by atoms with Gasteiger partial charge in [-0.15, -0.1) is 37.2 Å². The molecule has 2 fully saturated rings. The molecule has 8 heteroatoms. The molecular formula is C32H45Cl3FN3O. The molecule has 3 aromatic carbocycles. The number of likely N-dealkylation sites (tertiary alicyclic amines) is 1. The summed E-state index contributed by atoms with van der Waals surface area (Å²) in [5.41, 5.74) is 1.74. The minimum atomic E-state index is -0.755. The van der Waals surface area contributed by atoms with Gasteiger partial charge in [0, 0.05) is 57.8 Å². The number of hydrogen-bond donors (Lipinski definition) is 1. The van der Waals surface area contributed by atoms with E-state index in [1.54, 1.807) is 0 Å². The molecule has 2 atom stereocenters. The number of piperidine rings is 1. The average molecular weight is 613 g/mol. The first-order chi connectivity index (χ1) is 18.0. The third kappa shape index (κ3) is 7.89. The molecule has 2 aliphatic rings. The zero-order valence-electron chi connectivity index (χ0n) is 23.7. The van der Waals surface area contributed by atoms with Crippen LogP contribution in [0.25, 0.3) is 10.8 Å². The fourth-order valence-electron chi connectivity index (χ4n) is 6.50. The van der Waals surface area contributed by atoms with E-state index in [4.69, 9.17) is 0 Å². The lowest BCUT2D eigenvalue weighted by atomic mass is 9.75. The van der Waals surface area contributed by atoms with Gasteiger partial charge in [0.05, 0.1) is 5.60 Å². The van der Waals surface area contributed by atoms with Gasteiger partial charge in [-0.1, -0.05) is 67.9 Å². The highest BCUT2D eigenvalue weighted by molar-refractivity contribution is 5.86. The Hall–Kier alpha value is -1.44. The number of rotatable bonds is 8. The molecular weight excluding hydrogens is 568 g/mol. The van der Waals surface area contributed by atoms with Crippen LogP contribution in [-0.2, 0) is 0 Å². The van der Waals surface area contributed by atoms with E-state index in [-0.39, 0.29) is 49.0 Å². The number of aliphatic hydroxyl groups is 1. The summed E-state index contributed by atoms with van der Waals surface area (Å²) < 4.78 is 13.7. The normalized spacial score (nSPS) is 19.6. The zero-order valence-corrected chi connectivity index (χ0v) is 26.1. The summed E-state index contributed by atoms with van der Waals surface area (Å²) in [5, 5.41) is 14.5. The standard InChI is InChI=1S/C32H42FN3O.3ClH/c1-3-7-31(29-11-6-9-25-8-4-5-10-28(25)29)36-22-20-35(21-23-36)24-30(26-12-14-27(33)15-13-26)32(37)16-18-34(2)19-17-32;;;/h4-6,8-15,30-31,37H,3,7,16-24H2,1-2H3;3*1H. The summed E-state index contributed by atoms with van der Waals surface area (Å²) in [6.45, 7) is 8.89. The molecule has 0 aromatic heterocycles. The second-order valence-corrected chi connectivity index (χ2v) is 11.2. The minimum absolute atomic E-state index is 0. The molecule has 0 spiro atoms. The molecule has 3 aromatic rings. The van der Waals surface area contributed by atoms with Gasteiger partial charge in [0.2, 0.25) is 0 Å². The molecule has 0 radical (unpaired) electrons. The number of benzene rings is 3.